The predicted octanol–water partition coefficient (Wildman–Crippen LogP) is 6.34. The van der Waals surface area contributed by atoms with Crippen LogP contribution in [0.25, 0.3) is 0 Å². The molecule has 1 N–H and O–H groups in total. The van der Waals surface area contributed by atoms with E-state index in [9.17, 15) is 14.4 Å². The second-order valence-corrected chi connectivity index (χ2v) is 12.7. The molecule has 3 heterocycles. The van der Waals surface area contributed by atoms with Crippen LogP contribution in [-0.4, -0.2) is 22.0 Å². The van der Waals surface area contributed by atoms with E-state index in [-0.39, 0.29) is 16.7 Å². The van der Waals surface area contributed by atoms with Gasteiger partial charge in [0.15, 0.2) is 0 Å². The summed E-state index contributed by atoms with van der Waals surface area (Å²) in [4.78, 5) is 44.7. The molecule has 0 aliphatic carbocycles. The molecule has 1 saturated heterocycles. The first kappa shape index (κ1) is 24.7. The highest BCUT2D eigenvalue weighted by atomic mass is 79.9. The molecule has 0 radical (unpaired) electrons. The average molecular weight is 658 g/mol. The number of anilines is 1. The molecule has 3 unspecified atom stereocenters. The molecule has 0 saturated carbocycles. The Labute approximate surface area is 237 Å². The average Bonchev–Trinajstić information content (AvgIpc) is 3.39. The number of carbonyl (C=O) groups is 2. The number of ether oxygens (including phenoxy) is 1. The summed E-state index contributed by atoms with van der Waals surface area (Å²) in [6.45, 7) is 0.346. The standard InChI is InChI=1S/C27H18Br2N2O4S2/c28-15-6-9-17(10-7-15)31-25(32)21-20(22-24(30-27(34)37-22)36-23(21)26(31)33)18-12-16(29)8-11-19(18)35-13-14-4-2-1-3-5-14/h1-12,20-21,23H,13H2,(H,30,34). The molecular formula is C27H18Br2N2O4S2. The maximum atomic E-state index is 14.0. The third-order valence-electron chi connectivity index (χ3n) is 6.45. The summed E-state index contributed by atoms with van der Waals surface area (Å²) in [7, 11) is 0. The summed E-state index contributed by atoms with van der Waals surface area (Å²) in [5.41, 5.74) is 2.29. The van der Waals surface area contributed by atoms with Gasteiger partial charge in [-0.25, -0.2) is 4.90 Å². The van der Waals surface area contributed by atoms with Crippen molar-refractivity contribution in [2.24, 2.45) is 5.92 Å². The molecule has 37 heavy (non-hydrogen) atoms. The van der Waals surface area contributed by atoms with Crippen LogP contribution in [0.1, 0.15) is 21.9 Å². The zero-order chi connectivity index (χ0) is 25.7. The van der Waals surface area contributed by atoms with Crippen LogP contribution in [0.5, 0.6) is 5.75 Å². The number of carbonyl (C=O) groups excluding carboxylic acids is 2. The van der Waals surface area contributed by atoms with Crippen LogP contribution in [0, 0.1) is 5.92 Å². The first-order chi connectivity index (χ1) is 17.9. The highest BCUT2D eigenvalue weighted by molar-refractivity contribution is 9.10. The molecular weight excluding hydrogens is 640 g/mol. The molecule has 10 heteroatoms. The van der Waals surface area contributed by atoms with Crippen molar-refractivity contribution in [2.75, 3.05) is 4.90 Å². The van der Waals surface area contributed by atoms with E-state index < -0.39 is 17.1 Å². The molecule has 3 aromatic carbocycles. The monoisotopic (exact) mass is 656 g/mol. The van der Waals surface area contributed by atoms with Gasteiger partial charge >= 0.3 is 4.87 Å². The Bertz CT molecular complexity index is 1570. The van der Waals surface area contributed by atoms with E-state index in [2.05, 4.69) is 36.8 Å². The number of nitrogens with one attached hydrogen (secondary N) is 1. The quantitative estimate of drug-likeness (QED) is 0.254. The summed E-state index contributed by atoms with van der Waals surface area (Å²) >= 11 is 9.32. The number of H-pyrrole nitrogens is 1. The van der Waals surface area contributed by atoms with Crippen molar-refractivity contribution in [1.29, 1.82) is 0 Å². The van der Waals surface area contributed by atoms with Crippen LogP contribution in [0.3, 0.4) is 0 Å². The van der Waals surface area contributed by atoms with Gasteiger partial charge in [0.05, 0.1) is 16.6 Å². The Hall–Kier alpha value is -2.66. The summed E-state index contributed by atoms with van der Waals surface area (Å²) in [6.07, 6.45) is 0. The number of thioether (sulfide) groups is 1. The molecule has 1 fully saturated rings. The van der Waals surface area contributed by atoms with E-state index in [0.717, 1.165) is 36.3 Å². The number of imide groups is 1. The number of hydrogen-bond donors (Lipinski definition) is 1. The number of fused-ring (bicyclic) bond motifs is 2. The van der Waals surface area contributed by atoms with Crippen LogP contribution in [0.2, 0.25) is 0 Å². The first-order valence-corrected chi connectivity index (χ1v) is 14.7. The van der Waals surface area contributed by atoms with Crippen molar-refractivity contribution in [3.8, 4) is 5.75 Å². The van der Waals surface area contributed by atoms with Gasteiger partial charge in [0.1, 0.15) is 17.6 Å². The van der Waals surface area contributed by atoms with Gasteiger partial charge < -0.3 is 9.72 Å². The Balaban J connectivity index is 1.45. The number of hydrogen-bond acceptors (Lipinski definition) is 6. The van der Waals surface area contributed by atoms with Gasteiger partial charge in [0.2, 0.25) is 11.8 Å². The largest absolute Gasteiger partial charge is 0.489 e. The van der Waals surface area contributed by atoms with Crippen molar-refractivity contribution >= 4 is 72.5 Å². The third-order valence-corrected chi connectivity index (χ3v) is 9.88. The summed E-state index contributed by atoms with van der Waals surface area (Å²) in [5, 5.41) is -0.0334. The molecule has 6 rings (SSSR count). The number of benzene rings is 3. The van der Waals surface area contributed by atoms with Crippen molar-refractivity contribution < 1.29 is 14.3 Å². The van der Waals surface area contributed by atoms with Crippen molar-refractivity contribution in [1.82, 2.24) is 4.98 Å². The van der Waals surface area contributed by atoms with Crippen molar-refractivity contribution in [2.45, 2.75) is 22.8 Å². The molecule has 0 spiro atoms. The van der Waals surface area contributed by atoms with Gasteiger partial charge in [-0.05, 0) is 48.0 Å². The Morgan fingerprint density at radius 1 is 0.892 bits per heavy atom. The summed E-state index contributed by atoms with van der Waals surface area (Å²) in [6, 6.07) is 22.6. The second kappa shape index (κ2) is 9.90. The van der Waals surface area contributed by atoms with E-state index in [1.807, 2.05) is 48.5 Å². The molecule has 2 aliphatic rings. The molecule has 6 nitrogen and oxygen atoms in total. The predicted molar refractivity (Wildman–Crippen MR) is 151 cm³/mol. The van der Waals surface area contributed by atoms with E-state index in [0.29, 0.717) is 23.1 Å². The van der Waals surface area contributed by atoms with Gasteiger partial charge in [0.25, 0.3) is 0 Å². The number of rotatable bonds is 5. The molecule has 186 valence electrons. The van der Waals surface area contributed by atoms with Crippen LogP contribution in [0.15, 0.2) is 91.6 Å². The zero-order valence-corrected chi connectivity index (χ0v) is 23.8. The smallest absolute Gasteiger partial charge is 0.305 e. The van der Waals surface area contributed by atoms with Crippen LogP contribution in [-0.2, 0) is 16.2 Å². The second-order valence-electron chi connectivity index (χ2n) is 8.69. The van der Waals surface area contributed by atoms with E-state index in [1.54, 1.807) is 24.3 Å². The fraction of sp³-hybridized carbons (Fsp3) is 0.148. The molecule has 0 bridgehead atoms. The number of thiazole rings is 1. The van der Waals surface area contributed by atoms with Gasteiger partial charge in [-0.3, -0.25) is 14.4 Å². The van der Waals surface area contributed by atoms with Gasteiger partial charge in [-0.15, -0.1) is 0 Å². The number of aromatic amines is 1. The summed E-state index contributed by atoms with van der Waals surface area (Å²) in [5.74, 6) is -1.17. The SMILES string of the molecule is O=C1C2Sc3[nH]c(=O)sc3C(c3cc(Br)ccc3OCc3ccccc3)C2C(=O)N1c1ccc(Br)cc1. The normalized spacial score (nSPS) is 20.6. The number of halogens is 2. The van der Waals surface area contributed by atoms with Crippen LogP contribution >= 0.6 is 55.0 Å². The van der Waals surface area contributed by atoms with E-state index in [4.69, 9.17) is 4.74 Å². The molecule has 2 aliphatic heterocycles. The Morgan fingerprint density at radius 2 is 1.62 bits per heavy atom. The Morgan fingerprint density at radius 3 is 2.38 bits per heavy atom. The third kappa shape index (κ3) is 4.50. The molecule has 4 aromatic rings. The fourth-order valence-corrected chi connectivity index (χ4v) is 7.98. The van der Waals surface area contributed by atoms with E-state index in [1.165, 1.54) is 16.7 Å². The van der Waals surface area contributed by atoms with Gasteiger partial charge in [-0.2, -0.15) is 0 Å². The van der Waals surface area contributed by atoms with E-state index >= 15 is 0 Å². The lowest BCUT2D eigenvalue weighted by Crippen LogP contribution is -2.32. The maximum Gasteiger partial charge on any atom is 0.305 e. The number of aromatic nitrogens is 1. The fourth-order valence-electron chi connectivity index (χ4n) is 4.83. The maximum absolute atomic E-state index is 14.0. The lowest BCUT2D eigenvalue weighted by Gasteiger charge is -2.31. The number of amides is 2. The minimum absolute atomic E-state index is 0.214. The minimum Gasteiger partial charge on any atom is -0.489 e. The van der Waals surface area contributed by atoms with Crippen molar-refractivity contribution in [3.63, 3.8) is 0 Å². The topological polar surface area (TPSA) is 79.5 Å². The zero-order valence-electron chi connectivity index (χ0n) is 19.0. The Kier molecular flexibility index (Phi) is 6.60. The number of nitrogens with zero attached hydrogens (tertiary/aromatic N) is 1. The van der Waals surface area contributed by atoms with Gasteiger partial charge in [0, 0.05) is 25.3 Å². The highest BCUT2D eigenvalue weighted by Gasteiger charge is 2.56. The van der Waals surface area contributed by atoms with Crippen LogP contribution < -0.4 is 14.5 Å². The van der Waals surface area contributed by atoms with Crippen molar-refractivity contribution in [3.05, 3.63) is 107 Å². The molecule has 2 amide bonds. The van der Waals surface area contributed by atoms with Crippen LogP contribution in [0.4, 0.5) is 5.69 Å². The lowest BCUT2D eigenvalue weighted by atomic mass is 9.82. The summed E-state index contributed by atoms with van der Waals surface area (Å²) < 4.78 is 7.93. The molecule has 1 aromatic heterocycles. The minimum atomic E-state index is -0.687. The first-order valence-electron chi connectivity index (χ1n) is 11.4. The highest BCUT2D eigenvalue weighted by Crippen LogP contribution is 2.54. The van der Waals surface area contributed by atoms with Gasteiger partial charge in [-0.1, -0.05) is 85.3 Å². The molecule has 3 atom stereocenters. The lowest BCUT2D eigenvalue weighted by molar-refractivity contribution is -0.122.